The Morgan fingerprint density at radius 3 is 1.95 bits per heavy atom. The molecule has 0 spiro atoms. The van der Waals surface area contributed by atoms with Crippen molar-refractivity contribution in [1.82, 2.24) is 9.97 Å². The molecule has 0 amide bonds. The maximum Gasteiger partial charge on any atom is 0.0978 e. The smallest absolute Gasteiger partial charge is 0.0978 e. The second kappa shape index (κ2) is 8.15. The highest BCUT2D eigenvalue weighted by atomic mass is 14.8. The minimum Gasteiger partial charge on any atom is -0.252 e. The summed E-state index contributed by atoms with van der Waals surface area (Å²) < 4.78 is 0. The van der Waals surface area contributed by atoms with Gasteiger partial charge in [-0.1, -0.05) is 84.9 Å². The summed E-state index contributed by atoms with van der Waals surface area (Å²) in [4.78, 5) is 20.0. The number of benzene rings is 5. The summed E-state index contributed by atoms with van der Waals surface area (Å²) in [6.45, 7) is 0. The van der Waals surface area contributed by atoms with Crippen LogP contribution in [-0.4, -0.2) is 9.97 Å². The van der Waals surface area contributed by atoms with E-state index < -0.39 is 0 Å². The van der Waals surface area contributed by atoms with Crippen molar-refractivity contribution < 1.29 is 0 Å². The molecule has 0 saturated heterocycles. The molecule has 4 nitrogen and oxygen atoms in total. The van der Waals surface area contributed by atoms with Crippen LogP contribution >= 0.6 is 0 Å². The first-order valence-corrected chi connectivity index (χ1v) is 12.7. The van der Waals surface area contributed by atoms with E-state index in [9.17, 15) is 0 Å². The fourth-order valence-corrected chi connectivity index (χ4v) is 5.67. The van der Waals surface area contributed by atoms with Gasteiger partial charge in [-0.15, -0.1) is 0 Å². The van der Waals surface area contributed by atoms with Gasteiger partial charge in [0, 0.05) is 45.1 Å². The summed E-state index contributed by atoms with van der Waals surface area (Å²) >= 11 is 0. The van der Waals surface area contributed by atoms with Crippen LogP contribution in [0.25, 0.3) is 44.8 Å². The molecule has 5 aromatic carbocycles. The predicted octanol–water partition coefficient (Wildman–Crippen LogP) is 6.96. The van der Waals surface area contributed by atoms with Crippen molar-refractivity contribution in [2.45, 2.75) is 0 Å². The molecule has 0 bridgehead atoms. The van der Waals surface area contributed by atoms with Crippen molar-refractivity contribution in [2.75, 3.05) is 0 Å². The maximum atomic E-state index is 5.11. The lowest BCUT2D eigenvalue weighted by Gasteiger charge is -2.18. The van der Waals surface area contributed by atoms with Crippen molar-refractivity contribution in [1.29, 1.82) is 0 Å². The van der Waals surface area contributed by atoms with Gasteiger partial charge in [0.15, 0.2) is 0 Å². The Balaban J connectivity index is 1.52. The number of hydrogen-bond acceptors (Lipinski definition) is 4. The molecule has 8 rings (SSSR count). The molecule has 0 N–H and O–H groups in total. The summed E-state index contributed by atoms with van der Waals surface area (Å²) in [7, 11) is 0. The second-order valence-corrected chi connectivity index (χ2v) is 9.46. The van der Waals surface area contributed by atoms with Crippen molar-refractivity contribution in [3.63, 3.8) is 0 Å². The molecule has 0 saturated carbocycles. The molecule has 3 heterocycles. The Morgan fingerprint density at radius 1 is 0.421 bits per heavy atom. The highest BCUT2D eigenvalue weighted by Crippen LogP contribution is 2.50. The highest BCUT2D eigenvalue weighted by Gasteiger charge is 2.28. The van der Waals surface area contributed by atoms with Crippen LogP contribution in [0.4, 0.5) is 11.4 Å². The Morgan fingerprint density at radius 2 is 1.13 bits per heavy atom. The maximum absolute atomic E-state index is 5.11. The van der Waals surface area contributed by atoms with E-state index in [4.69, 9.17) is 20.0 Å². The minimum atomic E-state index is 0.838. The number of fused-ring (bicyclic) bond motifs is 6. The third kappa shape index (κ3) is 3.04. The van der Waals surface area contributed by atoms with E-state index in [-0.39, 0.29) is 0 Å². The SMILES string of the molecule is c1ccc(-c2ccc3c(c2-c2nccnc2-c2ccccc2)-c2c4c(ccc2=N3)=c2ccccc2=N4)cc1. The van der Waals surface area contributed by atoms with E-state index >= 15 is 0 Å². The third-order valence-corrected chi connectivity index (χ3v) is 7.32. The summed E-state index contributed by atoms with van der Waals surface area (Å²) in [6, 6.07) is 37.6. The molecule has 0 aliphatic carbocycles. The summed E-state index contributed by atoms with van der Waals surface area (Å²) in [6.07, 6.45) is 3.54. The monoisotopic (exact) mass is 484 g/mol. The zero-order chi connectivity index (χ0) is 25.1. The van der Waals surface area contributed by atoms with Gasteiger partial charge < -0.3 is 0 Å². The lowest BCUT2D eigenvalue weighted by Crippen LogP contribution is -2.02. The van der Waals surface area contributed by atoms with Gasteiger partial charge in [0.25, 0.3) is 0 Å². The first-order chi connectivity index (χ1) is 18.9. The van der Waals surface area contributed by atoms with Crippen molar-refractivity contribution in [3.05, 3.63) is 143 Å². The molecular weight excluding hydrogens is 464 g/mol. The molecular formula is C34H20N4. The van der Waals surface area contributed by atoms with E-state index in [1.807, 2.05) is 30.3 Å². The Labute approximate surface area is 218 Å². The van der Waals surface area contributed by atoms with Crippen LogP contribution in [-0.2, 0) is 0 Å². The Kier molecular flexibility index (Phi) is 4.49. The number of aromatic nitrogens is 2. The van der Waals surface area contributed by atoms with Crippen molar-refractivity contribution in [3.8, 4) is 44.8 Å². The number of hydrogen-bond donors (Lipinski definition) is 0. The summed E-state index contributed by atoms with van der Waals surface area (Å²) in [5.74, 6) is 0. The largest absolute Gasteiger partial charge is 0.252 e. The number of nitrogens with zero attached hydrogens (tertiary/aromatic N) is 4. The Bertz CT molecular complexity index is 2120. The number of rotatable bonds is 3. The quantitative estimate of drug-likeness (QED) is 0.272. The van der Waals surface area contributed by atoms with Gasteiger partial charge >= 0.3 is 0 Å². The van der Waals surface area contributed by atoms with Crippen LogP contribution in [0.15, 0.2) is 132 Å². The lowest BCUT2D eigenvalue weighted by molar-refractivity contribution is 1.21. The van der Waals surface area contributed by atoms with Crippen LogP contribution in [0, 0.1) is 10.4 Å². The van der Waals surface area contributed by atoms with Gasteiger partial charge in [0.05, 0.1) is 33.5 Å². The molecule has 0 fully saturated rings. The first-order valence-electron chi connectivity index (χ1n) is 12.7. The standard InChI is InChI=1S/C34H20N4/c1-3-9-21(10-4-1)23-15-17-27-30(29(23)34-32(35-19-20-36-34)22-11-5-2-6-12-22)31-28(37-27)18-16-25-24-13-7-8-14-26(24)38-33(25)31/h1-20H. The van der Waals surface area contributed by atoms with E-state index in [0.29, 0.717) is 0 Å². The van der Waals surface area contributed by atoms with Gasteiger partial charge in [0.1, 0.15) is 0 Å². The zero-order valence-electron chi connectivity index (χ0n) is 20.3. The zero-order valence-corrected chi connectivity index (χ0v) is 20.3. The molecule has 4 heteroatoms. The molecule has 0 unspecified atom stereocenters. The second-order valence-electron chi connectivity index (χ2n) is 9.46. The topological polar surface area (TPSA) is 50.5 Å². The first kappa shape index (κ1) is 20.9. The third-order valence-electron chi connectivity index (χ3n) is 7.32. The molecule has 2 aliphatic heterocycles. The Hall–Kier alpha value is -5.22. The average Bonchev–Trinajstić information content (AvgIpc) is 3.56. The molecule has 0 radical (unpaired) electrons. The van der Waals surface area contributed by atoms with E-state index in [2.05, 4.69) is 78.9 Å². The molecule has 2 aliphatic rings. The summed E-state index contributed by atoms with van der Waals surface area (Å²) in [5, 5.41) is 4.23. The molecule has 0 atom stereocenters. The normalized spacial score (nSPS) is 12.1. The van der Waals surface area contributed by atoms with Crippen LogP contribution in [0.2, 0.25) is 0 Å². The average molecular weight is 485 g/mol. The van der Waals surface area contributed by atoms with Gasteiger partial charge in [-0.25, -0.2) is 9.98 Å². The molecule has 1 aromatic heterocycles. The van der Waals surface area contributed by atoms with Gasteiger partial charge in [-0.3, -0.25) is 9.97 Å². The highest BCUT2D eigenvalue weighted by molar-refractivity contribution is 6.04. The summed E-state index contributed by atoms with van der Waals surface area (Å²) in [5.41, 5.74) is 9.99. The van der Waals surface area contributed by atoms with Crippen molar-refractivity contribution in [2.24, 2.45) is 9.98 Å². The minimum absolute atomic E-state index is 0.838. The van der Waals surface area contributed by atoms with E-state index in [1.54, 1.807) is 12.4 Å². The fourth-order valence-electron chi connectivity index (χ4n) is 5.67. The van der Waals surface area contributed by atoms with Crippen LogP contribution < -0.4 is 10.7 Å². The van der Waals surface area contributed by atoms with Gasteiger partial charge in [-0.2, -0.15) is 0 Å². The van der Waals surface area contributed by atoms with Crippen LogP contribution in [0.1, 0.15) is 0 Å². The lowest BCUT2D eigenvalue weighted by atomic mass is 9.87. The molecule has 176 valence electrons. The van der Waals surface area contributed by atoms with Gasteiger partial charge in [-0.05, 0) is 35.4 Å². The van der Waals surface area contributed by atoms with Crippen LogP contribution in [0.3, 0.4) is 0 Å². The molecule has 6 aromatic rings. The fraction of sp³-hybridized carbons (Fsp3) is 0. The van der Waals surface area contributed by atoms with E-state index in [1.165, 1.54) is 0 Å². The van der Waals surface area contributed by atoms with Crippen LogP contribution in [0.5, 0.6) is 0 Å². The van der Waals surface area contributed by atoms with E-state index in [0.717, 1.165) is 77.3 Å². The predicted molar refractivity (Wildman–Crippen MR) is 150 cm³/mol. The molecule has 38 heavy (non-hydrogen) atoms. The van der Waals surface area contributed by atoms with Crippen molar-refractivity contribution >= 4 is 11.4 Å². The number of para-hydroxylation sites is 1. The van der Waals surface area contributed by atoms with Gasteiger partial charge in [0.2, 0.25) is 0 Å².